The third-order valence-corrected chi connectivity index (χ3v) is 4.74. The number of halogens is 1. The summed E-state index contributed by atoms with van der Waals surface area (Å²) in [6.07, 6.45) is 0. The number of rotatable bonds is 7. The molecule has 0 bridgehead atoms. The largest absolute Gasteiger partial charge is 0.465 e. The number of amides is 1. The topological polar surface area (TPSA) is 81.7 Å². The molecule has 142 valence electrons. The Kier molecular flexibility index (Phi) is 7.69. The summed E-state index contributed by atoms with van der Waals surface area (Å²) in [6.45, 7) is 1.30. The Labute approximate surface area is 166 Å². The van der Waals surface area contributed by atoms with Crippen LogP contribution in [0.2, 0.25) is 5.02 Å². The minimum absolute atomic E-state index is 0.370. The van der Waals surface area contributed by atoms with Gasteiger partial charge in [-0.1, -0.05) is 11.6 Å². The van der Waals surface area contributed by atoms with Gasteiger partial charge in [0.25, 0.3) is 5.91 Å². The van der Waals surface area contributed by atoms with Crippen molar-refractivity contribution in [1.82, 2.24) is 0 Å². The van der Waals surface area contributed by atoms with E-state index in [-0.39, 0.29) is 0 Å². The van der Waals surface area contributed by atoms with Crippen molar-refractivity contribution in [2.75, 3.05) is 19.0 Å². The number of thioether (sulfide) groups is 1. The van der Waals surface area contributed by atoms with Gasteiger partial charge in [0.1, 0.15) is 5.25 Å². The van der Waals surface area contributed by atoms with Crippen molar-refractivity contribution in [3.05, 3.63) is 59.1 Å². The molecule has 6 nitrogen and oxygen atoms in total. The number of ether oxygens (including phenoxy) is 2. The highest BCUT2D eigenvalue weighted by Crippen LogP contribution is 2.25. The molecule has 1 amide bonds. The summed E-state index contributed by atoms with van der Waals surface area (Å²) in [7, 11) is 1.29. The molecule has 1 atom stereocenters. The van der Waals surface area contributed by atoms with Gasteiger partial charge < -0.3 is 14.8 Å². The second-order valence-corrected chi connectivity index (χ2v) is 7.29. The molecule has 2 rings (SSSR count). The lowest BCUT2D eigenvalue weighted by Crippen LogP contribution is -2.24. The predicted molar refractivity (Wildman–Crippen MR) is 104 cm³/mol. The van der Waals surface area contributed by atoms with Gasteiger partial charge in [0.05, 0.1) is 12.7 Å². The molecule has 0 saturated heterocycles. The Hall–Kier alpha value is -2.51. The summed E-state index contributed by atoms with van der Waals surface area (Å²) in [4.78, 5) is 36.2. The number of methoxy groups -OCH3 is 1. The lowest BCUT2D eigenvalue weighted by atomic mass is 10.2. The van der Waals surface area contributed by atoms with Gasteiger partial charge in [-0.15, -0.1) is 11.8 Å². The maximum absolute atomic E-state index is 12.0. The van der Waals surface area contributed by atoms with E-state index < -0.39 is 29.7 Å². The first kappa shape index (κ1) is 20.8. The lowest BCUT2D eigenvalue weighted by molar-refractivity contribution is -0.146. The third kappa shape index (κ3) is 6.62. The normalized spacial score (nSPS) is 11.4. The molecule has 27 heavy (non-hydrogen) atoms. The molecule has 2 aromatic rings. The molecular formula is C19H18ClNO5S. The van der Waals surface area contributed by atoms with Crippen LogP contribution in [0.15, 0.2) is 53.4 Å². The molecule has 0 aliphatic rings. The van der Waals surface area contributed by atoms with Gasteiger partial charge in [-0.25, -0.2) is 4.79 Å². The van der Waals surface area contributed by atoms with E-state index in [0.29, 0.717) is 16.3 Å². The average Bonchev–Trinajstić information content (AvgIpc) is 2.67. The Morgan fingerprint density at radius 3 is 2.30 bits per heavy atom. The fraction of sp³-hybridized carbons (Fsp3) is 0.211. The molecule has 2 aromatic carbocycles. The zero-order chi connectivity index (χ0) is 19.8. The van der Waals surface area contributed by atoms with Gasteiger partial charge in [0, 0.05) is 15.6 Å². The highest BCUT2D eigenvalue weighted by molar-refractivity contribution is 8.00. The van der Waals surface area contributed by atoms with E-state index >= 15 is 0 Å². The standard InChI is InChI=1S/C19H18ClNO5S/c1-12(27-16-9-5-14(20)6-10-16)18(23)26-11-17(22)21-15-7-3-13(4-8-15)19(24)25-2/h3-10,12H,11H2,1-2H3,(H,21,22)/t12-/m1/s1. The van der Waals surface area contributed by atoms with Crippen LogP contribution >= 0.6 is 23.4 Å². The molecule has 0 radical (unpaired) electrons. The van der Waals surface area contributed by atoms with E-state index in [0.717, 1.165) is 4.90 Å². The van der Waals surface area contributed by atoms with Crippen LogP contribution in [0.1, 0.15) is 17.3 Å². The first-order valence-corrected chi connectivity index (χ1v) is 9.22. The Balaban J connectivity index is 1.79. The van der Waals surface area contributed by atoms with Crippen LogP contribution in [0, 0.1) is 0 Å². The summed E-state index contributed by atoms with van der Waals surface area (Å²) >= 11 is 7.14. The highest BCUT2D eigenvalue weighted by atomic mass is 35.5. The fourth-order valence-corrected chi connectivity index (χ4v) is 3.02. The highest BCUT2D eigenvalue weighted by Gasteiger charge is 2.17. The van der Waals surface area contributed by atoms with E-state index in [1.807, 2.05) is 12.1 Å². The summed E-state index contributed by atoms with van der Waals surface area (Å²) in [5, 5.41) is 2.73. The maximum atomic E-state index is 12.0. The van der Waals surface area contributed by atoms with Crippen LogP contribution in [0.4, 0.5) is 5.69 Å². The van der Waals surface area contributed by atoms with E-state index in [2.05, 4.69) is 10.1 Å². The molecule has 0 aliphatic heterocycles. The molecule has 1 N–H and O–H groups in total. The number of nitrogens with one attached hydrogen (secondary N) is 1. The quantitative estimate of drug-likeness (QED) is 0.555. The van der Waals surface area contributed by atoms with Crippen LogP contribution in [0.25, 0.3) is 0 Å². The molecule has 8 heteroatoms. The number of esters is 2. The van der Waals surface area contributed by atoms with Crippen LogP contribution in [-0.2, 0) is 19.1 Å². The number of hydrogen-bond acceptors (Lipinski definition) is 6. The summed E-state index contributed by atoms with van der Waals surface area (Å²) in [5.41, 5.74) is 0.849. The van der Waals surface area contributed by atoms with Crippen molar-refractivity contribution in [1.29, 1.82) is 0 Å². The molecule has 0 aliphatic carbocycles. The summed E-state index contributed by atoms with van der Waals surface area (Å²) in [6, 6.07) is 13.3. The van der Waals surface area contributed by atoms with Crippen molar-refractivity contribution in [2.24, 2.45) is 0 Å². The summed E-state index contributed by atoms with van der Waals surface area (Å²) in [5.74, 6) is -1.43. The van der Waals surface area contributed by atoms with Crippen LogP contribution in [-0.4, -0.2) is 36.8 Å². The molecule has 0 unspecified atom stereocenters. The zero-order valence-electron chi connectivity index (χ0n) is 14.7. The number of hydrogen-bond donors (Lipinski definition) is 1. The van der Waals surface area contributed by atoms with Crippen molar-refractivity contribution >= 4 is 46.9 Å². The second-order valence-electron chi connectivity index (χ2n) is 5.44. The van der Waals surface area contributed by atoms with E-state index in [1.165, 1.54) is 31.0 Å². The Morgan fingerprint density at radius 1 is 1.07 bits per heavy atom. The van der Waals surface area contributed by atoms with Crippen molar-refractivity contribution in [3.63, 3.8) is 0 Å². The SMILES string of the molecule is COC(=O)c1ccc(NC(=O)COC(=O)[C@@H](C)Sc2ccc(Cl)cc2)cc1. The van der Waals surface area contributed by atoms with Crippen molar-refractivity contribution in [2.45, 2.75) is 17.1 Å². The number of benzene rings is 2. The lowest BCUT2D eigenvalue weighted by Gasteiger charge is -2.11. The first-order valence-electron chi connectivity index (χ1n) is 7.96. The van der Waals surface area contributed by atoms with Crippen molar-refractivity contribution in [3.8, 4) is 0 Å². The zero-order valence-corrected chi connectivity index (χ0v) is 16.3. The molecular weight excluding hydrogens is 390 g/mol. The van der Waals surface area contributed by atoms with Crippen LogP contribution in [0.5, 0.6) is 0 Å². The Morgan fingerprint density at radius 2 is 1.70 bits per heavy atom. The molecule has 0 heterocycles. The van der Waals surface area contributed by atoms with Gasteiger partial charge in [0.15, 0.2) is 6.61 Å². The van der Waals surface area contributed by atoms with Gasteiger partial charge in [-0.2, -0.15) is 0 Å². The minimum atomic E-state index is -0.494. The predicted octanol–water partition coefficient (Wildman–Crippen LogP) is 3.79. The molecule has 0 saturated carbocycles. The van der Waals surface area contributed by atoms with Gasteiger partial charge in [-0.05, 0) is 55.5 Å². The third-order valence-electron chi connectivity index (χ3n) is 3.39. The maximum Gasteiger partial charge on any atom is 0.337 e. The van der Waals surface area contributed by atoms with Crippen LogP contribution < -0.4 is 5.32 Å². The Bertz CT molecular complexity index is 808. The summed E-state index contributed by atoms with van der Waals surface area (Å²) < 4.78 is 9.64. The van der Waals surface area contributed by atoms with Gasteiger partial charge >= 0.3 is 11.9 Å². The second kappa shape index (κ2) is 9.99. The van der Waals surface area contributed by atoms with Gasteiger partial charge in [0.2, 0.25) is 0 Å². The fourth-order valence-electron chi connectivity index (χ4n) is 2.02. The van der Waals surface area contributed by atoms with E-state index in [4.69, 9.17) is 16.3 Å². The number of carbonyl (C=O) groups excluding carboxylic acids is 3. The average molecular weight is 408 g/mol. The van der Waals surface area contributed by atoms with Crippen LogP contribution in [0.3, 0.4) is 0 Å². The monoisotopic (exact) mass is 407 g/mol. The number of carbonyl (C=O) groups is 3. The van der Waals surface area contributed by atoms with E-state index in [1.54, 1.807) is 31.2 Å². The number of anilines is 1. The van der Waals surface area contributed by atoms with E-state index in [9.17, 15) is 14.4 Å². The van der Waals surface area contributed by atoms with Gasteiger partial charge in [-0.3, -0.25) is 9.59 Å². The molecule has 0 aromatic heterocycles. The molecule has 0 fully saturated rings. The first-order chi connectivity index (χ1) is 12.9. The smallest absolute Gasteiger partial charge is 0.337 e. The van der Waals surface area contributed by atoms with Crippen molar-refractivity contribution < 1.29 is 23.9 Å². The molecule has 0 spiro atoms. The minimum Gasteiger partial charge on any atom is -0.465 e.